The molecule has 0 aliphatic heterocycles. The molecule has 0 aromatic heterocycles. The lowest BCUT2D eigenvalue weighted by Crippen LogP contribution is -2.34. The predicted molar refractivity (Wildman–Crippen MR) is 83.3 cm³/mol. The van der Waals surface area contributed by atoms with Crippen LogP contribution in [0.1, 0.15) is 40.2 Å². The molecular weight excluding hydrogens is 276 g/mol. The number of halogens is 1. The number of amides is 1. The smallest absolute Gasteiger partial charge is 0.412 e. The zero-order valence-electron chi connectivity index (χ0n) is 12.7. The van der Waals surface area contributed by atoms with Crippen molar-refractivity contribution in [3.05, 3.63) is 28.8 Å². The fourth-order valence-corrected chi connectivity index (χ4v) is 1.96. The largest absolute Gasteiger partial charge is 0.444 e. The standard InChI is InChI=1S/C15H23ClN2O2/c1-14(2,3)20-13(19)18-12-7-6-10(8-11(12)16)9-15(4,5)17/h6-8H,9,17H2,1-5H3,(H,18,19). The molecule has 0 fully saturated rings. The maximum atomic E-state index is 11.7. The molecule has 0 atom stereocenters. The van der Waals surface area contributed by atoms with Crippen LogP contribution < -0.4 is 11.1 Å². The third-order valence-corrected chi connectivity index (χ3v) is 2.64. The second kappa shape index (κ2) is 6.02. The number of nitrogens with one attached hydrogen (secondary N) is 1. The van der Waals surface area contributed by atoms with Gasteiger partial charge in [-0.25, -0.2) is 4.79 Å². The van der Waals surface area contributed by atoms with E-state index < -0.39 is 11.7 Å². The zero-order chi connectivity index (χ0) is 15.6. The summed E-state index contributed by atoms with van der Waals surface area (Å²) in [6.07, 6.45) is 0.186. The Morgan fingerprint density at radius 1 is 1.30 bits per heavy atom. The Morgan fingerprint density at radius 2 is 1.90 bits per heavy atom. The average Bonchev–Trinajstić information content (AvgIpc) is 2.17. The van der Waals surface area contributed by atoms with E-state index >= 15 is 0 Å². The predicted octanol–water partition coefficient (Wildman–Crippen LogP) is 3.97. The molecule has 0 aliphatic carbocycles. The van der Waals surface area contributed by atoms with Gasteiger partial charge < -0.3 is 10.5 Å². The summed E-state index contributed by atoms with van der Waals surface area (Å²) in [5, 5.41) is 3.10. The summed E-state index contributed by atoms with van der Waals surface area (Å²) in [5.74, 6) is 0. The van der Waals surface area contributed by atoms with Crippen LogP contribution in [-0.4, -0.2) is 17.2 Å². The number of anilines is 1. The molecule has 1 aromatic carbocycles. The van der Waals surface area contributed by atoms with Gasteiger partial charge in [0.15, 0.2) is 0 Å². The van der Waals surface area contributed by atoms with Crippen LogP contribution in [-0.2, 0) is 11.2 Å². The topological polar surface area (TPSA) is 64.3 Å². The second-order valence-electron chi connectivity index (χ2n) is 6.61. The summed E-state index contributed by atoms with van der Waals surface area (Å²) in [7, 11) is 0. The minimum Gasteiger partial charge on any atom is -0.444 e. The van der Waals surface area contributed by atoms with Crippen molar-refractivity contribution in [1.29, 1.82) is 0 Å². The Balaban J connectivity index is 2.76. The third-order valence-electron chi connectivity index (χ3n) is 2.33. The normalized spacial score (nSPS) is 12.2. The molecule has 0 spiro atoms. The van der Waals surface area contributed by atoms with Crippen molar-refractivity contribution in [2.24, 2.45) is 5.73 Å². The SMILES string of the molecule is CC(C)(N)Cc1ccc(NC(=O)OC(C)(C)C)c(Cl)c1. The molecule has 20 heavy (non-hydrogen) atoms. The number of carbonyl (C=O) groups is 1. The molecule has 0 radical (unpaired) electrons. The molecule has 0 bridgehead atoms. The lowest BCUT2D eigenvalue weighted by molar-refractivity contribution is 0.0636. The van der Waals surface area contributed by atoms with Crippen molar-refractivity contribution >= 4 is 23.4 Å². The minimum absolute atomic E-state index is 0.302. The van der Waals surface area contributed by atoms with E-state index in [0.717, 1.165) is 5.56 Å². The first-order valence-electron chi connectivity index (χ1n) is 6.54. The van der Waals surface area contributed by atoms with Crippen molar-refractivity contribution in [2.45, 2.75) is 52.2 Å². The quantitative estimate of drug-likeness (QED) is 0.887. The molecule has 0 heterocycles. The van der Waals surface area contributed by atoms with Crippen LogP contribution >= 0.6 is 11.6 Å². The van der Waals surface area contributed by atoms with E-state index in [0.29, 0.717) is 17.1 Å². The average molecular weight is 299 g/mol. The summed E-state index contributed by atoms with van der Waals surface area (Å²) in [6, 6.07) is 5.46. The van der Waals surface area contributed by atoms with Gasteiger partial charge in [0.25, 0.3) is 0 Å². The first-order valence-corrected chi connectivity index (χ1v) is 6.91. The molecule has 1 amide bonds. The lowest BCUT2D eigenvalue weighted by atomic mass is 9.96. The van der Waals surface area contributed by atoms with Gasteiger partial charge in [0, 0.05) is 5.54 Å². The van der Waals surface area contributed by atoms with Crippen molar-refractivity contribution in [1.82, 2.24) is 0 Å². The van der Waals surface area contributed by atoms with Crippen molar-refractivity contribution in [3.63, 3.8) is 0 Å². The van der Waals surface area contributed by atoms with E-state index in [9.17, 15) is 4.79 Å². The van der Waals surface area contributed by atoms with Gasteiger partial charge in [-0.05, 0) is 58.7 Å². The van der Waals surface area contributed by atoms with Gasteiger partial charge in [0.1, 0.15) is 5.60 Å². The number of rotatable bonds is 3. The molecule has 5 heteroatoms. The van der Waals surface area contributed by atoms with Gasteiger partial charge in [-0.2, -0.15) is 0 Å². The van der Waals surface area contributed by atoms with Gasteiger partial charge in [-0.1, -0.05) is 17.7 Å². The number of benzene rings is 1. The second-order valence-corrected chi connectivity index (χ2v) is 7.01. The van der Waals surface area contributed by atoms with Crippen LogP contribution in [0.5, 0.6) is 0 Å². The van der Waals surface area contributed by atoms with E-state index in [1.807, 2.05) is 26.0 Å². The highest BCUT2D eigenvalue weighted by atomic mass is 35.5. The highest BCUT2D eigenvalue weighted by Gasteiger charge is 2.17. The highest BCUT2D eigenvalue weighted by Crippen LogP contribution is 2.25. The Labute approximate surface area is 125 Å². The van der Waals surface area contributed by atoms with Crippen LogP contribution in [0.3, 0.4) is 0 Å². The molecule has 0 saturated heterocycles. The summed E-state index contributed by atoms with van der Waals surface area (Å²) >= 11 is 6.16. The monoisotopic (exact) mass is 298 g/mol. The fourth-order valence-electron chi connectivity index (χ4n) is 1.71. The van der Waals surface area contributed by atoms with Crippen LogP contribution in [0.4, 0.5) is 10.5 Å². The van der Waals surface area contributed by atoms with Crippen LogP contribution in [0.15, 0.2) is 18.2 Å². The molecule has 0 unspecified atom stereocenters. The molecular formula is C15H23ClN2O2. The van der Waals surface area contributed by atoms with Gasteiger partial charge in [0.2, 0.25) is 0 Å². The number of hydrogen-bond donors (Lipinski definition) is 2. The van der Waals surface area contributed by atoms with Crippen molar-refractivity contribution < 1.29 is 9.53 Å². The first-order chi connectivity index (χ1) is 8.96. The maximum absolute atomic E-state index is 11.7. The van der Waals surface area contributed by atoms with Crippen LogP contribution in [0, 0.1) is 0 Å². The van der Waals surface area contributed by atoms with E-state index in [1.54, 1.807) is 26.8 Å². The Kier molecular flexibility index (Phi) is 5.05. The summed E-state index contributed by atoms with van der Waals surface area (Å²) < 4.78 is 5.18. The highest BCUT2D eigenvalue weighted by molar-refractivity contribution is 6.33. The molecule has 1 aromatic rings. The van der Waals surface area contributed by atoms with Gasteiger partial charge >= 0.3 is 6.09 Å². The van der Waals surface area contributed by atoms with Gasteiger partial charge in [-0.15, -0.1) is 0 Å². The van der Waals surface area contributed by atoms with Crippen LogP contribution in [0.2, 0.25) is 5.02 Å². The van der Waals surface area contributed by atoms with Gasteiger partial charge in [-0.3, -0.25) is 5.32 Å². The third kappa shape index (κ3) is 6.26. The van der Waals surface area contributed by atoms with E-state index in [4.69, 9.17) is 22.1 Å². The molecule has 1 rings (SSSR count). The Bertz CT molecular complexity index is 488. The molecule has 112 valence electrons. The number of hydrogen-bond acceptors (Lipinski definition) is 3. The summed E-state index contributed by atoms with van der Waals surface area (Å²) in [6.45, 7) is 9.32. The molecule has 4 nitrogen and oxygen atoms in total. The van der Waals surface area contributed by atoms with E-state index in [2.05, 4.69) is 5.32 Å². The molecule has 0 saturated carbocycles. The number of nitrogens with two attached hydrogens (primary N) is 1. The van der Waals surface area contributed by atoms with Crippen molar-refractivity contribution in [2.75, 3.05) is 5.32 Å². The first kappa shape index (κ1) is 16.8. The summed E-state index contributed by atoms with van der Waals surface area (Å²) in [5.41, 5.74) is 6.68. The lowest BCUT2D eigenvalue weighted by Gasteiger charge is -2.21. The molecule has 3 N–H and O–H groups in total. The number of ether oxygens (including phenoxy) is 1. The zero-order valence-corrected chi connectivity index (χ0v) is 13.5. The Hall–Kier alpha value is -1.26. The minimum atomic E-state index is -0.542. The van der Waals surface area contributed by atoms with E-state index in [1.165, 1.54) is 0 Å². The van der Waals surface area contributed by atoms with Crippen LogP contribution in [0.25, 0.3) is 0 Å². The van der Waals surface area contributed by atoms with Crippen molar-refractivity contribution in [3.8, 4) is 0 Å². The maximum Gasteiger partial charge on any atom is 0.412 e. The van der Waals surface area contributed by atoms with Gasteiger partial charge in [0.05, 0.1) is 10.7 Å². The molecule has 0 aliphatic rings. The fraction of sp³-hybridized carbons (Fsp3) is 0.533. The summed E-state index contributed by atoms with van der Waals surface area (Å²) in [4.78, 5) is 11.7. The van der Waals surface area contributed by atoms with E-state index in [-0.39, 0.29) is 5.54 Å². The number of carbonyl (C=O) groups excluding carboxylic acids is 1. The Morgan fingerprint density at radius 3 is 2.35 bits per heavy atom.